The quantitative estimate of drug-likeness (QED) is 0.541. The molecule has 1 N–H and O–H groups in total. The zero-order chi connectivity index (χ0) is 21.4. The van der Waals surface area contributed by atoms with Crippen LogP contribution in [0.25, 0.3) is 0 Å². The molecule has 0 fully saturated rings. The third-order valence-electron chi connectivity index (χ3n) is 4.52. The fourth-order valence-electron chi connectivity index (χ4n) is 3.04. The SMILES string of the molecule is CCCNC(=O)[C@H](CC)N(Cc1ccc(Cl)c(Cl)c1)C(=O)Cc1cccc(Cl)c1. The van der Waals surface area contributed by atoms with E-state index in [0.717, 1.165) is 17.5 Å². The molecule has 0 aromatic heterocycles. The van der Waals surface area contributed by atoms with Gasteiger partial charge in [-0.2, -0.15) is 0 Å². The van der Waals surface area contributed by atoms with Crippen LogP contribution < -0.4 is 5.32 Å². The van der Waals surface area contributed by atoms with E-state index in [2.05, 4.69) is 5.32 Å². The summed E-state index contributed by atoms with van der Waals surface area (Å²) in [6.45, 7) is 4.70. The van der Waals surface area contributed by atoms with Crippen molar-refractivity contribution in [2.75, 3.05) is 6.54 Å². The third kappa shape index (κ3) is 6.91. The van der Waals surface area contributed by atoms with E-state index in [9.17, 15) is 9.59 Å². The Morgan fingerprint density at radius 1 is 1.00 bits per heavy atom. The normalized spacial score (nSPS) is 11.8. The molecule has 0 saturated carbocycles. The number of carbonyl (C=O) groups excluding carboxylic acids is 2. The first-order valence-electron chi connectivity index (χ1n) is 9.61. The van der Waals surface area contributed by atoms with Gasteiger partial charge in [-0.05, 0) is 48.2 Å². The van der Waals surface area contributed by atoms with Crippen LogP contribution in [0.3, 0.4) is 0 Å². The summed E-state index contributed by atoms with van der Waals surface area (Å²) >= 11 is 18.2. The van der Waals surface area contributed by atoms with Gasteiger partial charge in [-0.15, -0.1) is 0 Å². The number of nitrogens with one attached hydrogen (secondary N) is 1. The minimum absolute atomic E-state index is 0.152. The van der Waals surface area contributed by atoms with Crippen LogP contribution in [0, 0.1) is 0 Å². The summed E-state index contributed by atoms with van der Waals surface area (Å²) in [5.74, 6) is -0.314. The molecule has 0 aliphatic carbocycles. The molecular formula is C22H25Cl3N2O2. The summed E-state index contributed by atoms with van der Waals surface area (Å²) < 4.78 is 0. The van der Waals surface area contributed by atoms with Gasteiger partial charge in [0.2, 0.25) is 11.8 Å². The van der Waals surface area contributed by atoms with Crippen LogP contribution in [0.15, 0.2) is 42.5 Å². The first-order valence-corrected chi connectivity index (χ1v) is 10.7. The van der Waals surface area contributed by atoms with Crippen molar-refractivity contribution in [1.82, 2.24) is 10.2 Å². The monoisotopic (exact) mass is 454 g/mol. The highest BCUT2D eigenvalue weighted by atomic mass is 35.5. The van der Waals surface area contributed by atoms with Gasteiger partial charge < -0.3 is 10.2 Å². The lowest BCUT2D eigenvalue weighted by Gasteiger charge is -2.31. The van der Waals surface area contributed by atoms with Crippen molar-refractivity contribution >= 4 is 46.6 Å². The zero-order valence-electron chi connectivity index (χ0n) is 16.6. The number of amides is 2. The molecule has 0 bridgehead atoms. The second-order valence-electron chi connectivity index (χ2n) is 6.79. The Morgan fingerprint density at radius 2 is 1.76 bits per heavy atom. The maximum atomic E-state index is 13.2. The summed E-state index contributed by atoms with van der Waals surface area (Å²) in [6, 6.07) is 11.8. The van der Waals surface area contributed by atoms with Gasteiger partial charge in [0, 0.05) is 18.1 Å². The topological polar surface area (TPSA) is 49.4 Å². The van der Waals surface area contributed by atoms with Crippen LogP contribution in [-0.4, -0.2) is 29.3 Å². The lowest BCUT2D eigenvalue weighted by atomic mass is 10.1. The van der Waals surface area contributed by atoms with E-state index in [-0.39, 0.29) is 24.8 Å². The van der Waals surface area contributed by atoms with Crippen LogP contribution in [0.1, 0.15) is 37.8 Å². The van der Waals surface area contributed by atoms with Gasteiger partial charge in [0.1, 0.15) is 6.04 Å². The Morgan fingerprint density at radius 3 is 2.38 bits per heavy atom. The van der Waals surface area contributed by atoms with Crippen molar-refractivity contribution in [2.45, 2.75) is 45.7 Å². The largest absolute Gasteiger partial charge is 0.354 e. The van der Waals surface area contributed by atoms with Crippen molar-refractivity contribution in [2.24, 2.45) is 0 Å². The molecule has 2 amide bonds. The Bertz CT molecular complexity index is 858. The molecule has 0 heterocycles. The van der Waals surface area contributed by atoms with E-state index >= 15 is 0 Å². The Balaban J connectivity index is 2.30. The second kappa shape index (κ2) is 11.4. The molecule has 0 saturated heterocycles. The summed E-state index contributed by atoms with van der Waals surface area (Å²) in [7, 11) is 0. The molecule has 0 aliphatic heterocycles. The molecular weight excluding hydrogens is 431 g/mol. The standard InChI is InChI=1S/C22H25Cl3N2O2/c1-3-10-26-22(29)20(4-2)27(14-16-8-9-18(24)19(25)12-16)21(28)13-15-6-5-7-17(23)11-15/h5-9,11-12,20H,3-4,10,13-14H2,1-2H3,(H,26,29)/t20-/m0/s1. The van der Waals surface area contributed by atoms with Crippen molar-refractivity contribution in [3.8, 4) is 0 Å². The number of hydrogen-bond donors (Lipinski definition) is 1. The average molecular weight is 456 g/mol. The van der Waals surface area contributed by atoms with Crippen molar-refractivity contribution in [3.05, 3.63) is 68.7 Å². The molecule has 156 valence electrons. The van der Waals surface area contributed by atoms with Gasteiger partial charge in [0.15, 0.2) is 0 Å². The minimum atomic E-state index is -0.581. The molecule has 2 aromatic carbocycles. The predicted octanol–water partition coefficient (Wildman–Crippen LogP) is 5.52. The average Bonchev–Trinajstić information content (AvgIpc) is 2.68. The van der Waals surface area contributed by atoms with Gasteiger partial charge in [-0.3, -0.25) is 9.59 Å². The molecule has 4 nitrogen and oxygen atoms in total. The minimum Gasteiger partial charge on any atom is -0.354 e. The van der Waals surface area contributed by atoms with Gasteiger partial charge >= 0.3 is 0 Å². The van der Waals surface area contributed by atoms with E-state index < -0.39 is 6.04 Å². The Hall–Kier alpha value is -1.75. The lowest BCUT2D eigenvalue weighted by Crippen LogP contribution is -2.49. The van der Waals surface area contributed by atoms with E-state index in [1.54, 1.807) is 35.2 Å². The van der Waals surface area contributed by atoms with Crippen LogP contribution in [0.2, 0.25) is 15.1 Å². The molecule has 29 heavy (non-hydrogen) atoms. The summed E-state index contributed by atoms with van der Waals surface area (Å²) in [5, 5.41) is 4.32. The highest BCUT2D eigenvalue weighted by Gasteiger charge is 2.28. The smallest absolute Gasteiger partial charge is 0.242 e. The van der Waals surface area contributed by atoms with Crippen LogP contribution in [0.5, 0.6) is 0 Å². The predicted molar refractivity (Wildman–Crippen MR) is 120 cm³/mol. The third-order valence-corrected chi connectivity index (χ3v) is 5.49. The van der Waals surface area contributed by atoms with E-state index in [1.807, 2.05) is 26.0 Å². The maximum Gasteiger partial charge on any atom is 0.242 e. The van der Waals surface area contributed by atoms with Gasteiger partial charge in [0.25, 0.3) is 0 Å². The van der Waals surface area contributed by atoms with Gasteiger partial charge in [0.05, 0.1) is 16.5 Å². The fraction of sp³-hybridized carbons (Fsp3) is 0.364. The second-order valence-corrected chi connectivity index (χ2v) is 8.04. The lowest BCUT2D eigenvalue weighted by molar-refractivity contribution is -0.140. The zero-order valence-corrected chi connectivity index (χ0v) is 18.8. The van der Waals surface area contributed by atoms with Crippen LogP contribution in [-0.2, 0) is 22.6 Å². The molecule has 2 aromatic rings. The highest BCUT2D eigenvalue weighted by molar-refractivity contribution is 6.42. The number of benzene rings is 2. The molecule has 0 unspecified atom stereocenters. The molecule has 0 spiro atoms. The Labute approximate surface area is 187 Å². The van der Waals surface area contributed by atoms with Crippen LogP contribution in [0.4, 0.5) is 0 Å². The van der Waals surface area contributed by atoms with E-state index in [1.165, 1.54) is 0 Å². The molecule has 2 rings (SSSR count). The Kier molecular flexibility index (Phi) is 9.28. The molecule has 7 heteroatoms. The summed E-state index contributed by atoms with van der Waals surface area (Å²) in [6.07, 6.45) is 1.48. The first-order chi connectivity index (χ1) is 13.8. The van der Waals surface area contributed by atoms with Gasteiger partial charge in [-0.1, -0.05) is 66.8 Å². The number of hydrogen-bond acceptors (Lipinski definition) is 2. The number of nitrogens with zero attached hydrogens (tertiary/aromatic N) is 1. The van der Waals surface area contributed by atoms with E-state index in [4.69, 9.17) is 34.8 Å². The fourth-order valence-corrected chi connectivity index (χ4v) is 3.58. The molecule has 0 radical (unpaired) electrons. The van der Waals surface area contributed by atoms with E-state index in [0.29, 0.717) is 28.0 Å². The van der Waals surface area contributed by atoms with Crippen molar-refractivity contribution < 1.29 is 9.59 Å². The summed E-state index contributed by atoms with van der Waals surface area (Å²) in [4.78, 5) is 27.5. The summed E-state index contributed by atoms with van der Waals surface area (Å²) in [5.41, 5.74) is 1.60. The molecule has 0 aliphatic rings. The first kappa shape index (κ1) is 23.5. The van der Waals surface area contributed by atoms with Crippen molar-refractivity contribution in [3.63, 3.8) is 0 Å². The number of carbonyl (C=O) groups is 2. The maximum absolute atomic E-state index is 13.2. The molecule has 1 atom stereocenters. The highest BCUT2D eigenvalue weighted by Crippen LogP contribution is 2.24. The van der Waals surface area contributed by atoms with Crippen molar-refractivity contribution in [1.29, 1.82) is 0 Å². The van der Waals surface area contributed by atoms with Crippen LogP contribution >= 0.6 is 34.8 Å². The number of rotatable bonds is 9. The van der Waals surface area contributed by atoms with Gasteiger partial charge in [-0.25, -0.2) is 0 Å². The number of halogens is 3.